The van der Waals surface area contributed by atoms with Gasteiger partial charge in [-0.25, -0.2) is 12.8 Å². The molecule has 2 rings (SSSR count). The van der Waals surface area contributed by atoms with E-state index in [1.165, 1.54) is 10.4 Å². The van der Waals surface area contributed by atoms with Gasteiger partial charge in [-0.1, -0.05) is 18.2 Å². The van der Waals surface area contributed by atoms with Crippen molar-refractivity contribution in [3.05, 3.63) is 35.6 Å². The molecule has 1 aromatic carbocycles. The summed E-state index contributed by atoms with van der Waals surface area (Å²) in [5.74, 6) is -0.500. The van der Waals surface area contributed by atoms with Crippen molar-refractivity contribution >= 4 is 10.0 Å². The van der Waals surface area contributed by atoms with Crippen LogP contribution in [0.5, 0.6) is 0 Å². The largest absolute Gasteiger partial charge is 0.382 e. The molecule has 1 saturated heterocycles. The molecule has 0 spiro atoms. The molecule has 6 nitrogen and oxygen atoms in total. The van der Waals surface area contributed by atoms with Crippen LogP contribution < -0.4 is 0 Å². The number of hydrogen-bond donors (Lipinski definition) is 0. The smallest absolute Gasteiger partial charge is 0.216 e. The third-order valence-electron chi connectivity index (χ3n) is 3.59. The van der Waals surface area contributed by atoms with Crippen molar-refractivity contribution in [1.82, 2.24) is 4.31 Å². The summed E-state index contributed by atoms with van der Waals surface area (Å²) in [6, 6.07) is 6.26. The molecule has 0 aromatic heterocycles. The summed E-state index contributed by atoms with van der Waals surface area (Å²) in [7, 11) is -1.91. The fraction of sp³-hybridized carbons (Fsp3) is 0.600. The molecule has 0 N–H and O–H groups in total. The first kappa shape index (κ1) is 18.3. The molecule has 1 heterocycles. The van der Waals surface area contributed by atoms with Crippen LogP contribution in [0.2, 0.25) is 0 Å². The molecule has 1 unspecified atom stereocenters. The summed E-state index contributed by atoms with van der Waals surface area (Å²) in [4.78, 5) is 0. The van der Waals surface area contributed by atoms with Crippen LogP contribution in [0.3, 0.4) is 0 Å². The summed E-state index contributed by atoms with van der Waals surface area (Å²) in [5.41, 5.74) is 0.378. The van der Waals surface area contributed by atoms with E-state index >= 15 is 0 Å². The van der Waals surface area contributed by atoms with Gasteiger partial charge in [0.05, 0.1) is 38.3 Å². The molecule has 1 aliphatic rings. The average Bonchev–Trinajstić information content (AvgIpc) is 2.55. The van der Waals surface area contributed by atoms with Crippen molar-refractivity contribution in [2.75, 3.05) is 52.4 Å². The molecule has 130 valence electrons. The Balaban J connectivity index is 1.93. The normalized spacial score (nSPS) is 19.8. The Morgan fingerprint density at radius 2 is 2.09 bits per heavy atom. The zero-order valence-corrected chi connectivity index (χ0v) is 13.9. The Morgan fingerprint density at radius 3 is 2.83 bits per heavy atom. The first-order chi connectivity index (χ1) is 11.0. The molecule has 1 aliphatic heterocycles. The van der Waals surface area contributed by atoms with Gasteiger partial charge in [-0.05, 0) is 6.07 Å². The van der Waals surface area contributed by atoms with Gasteiger partial charge >= 0.3 is 0 Å². The van der Waals surface area contributed by atoms with Crippen LogP contribution in [0.4, 0.5) is 4.39 Å². The SMILES string of the molecule is COCCOCCS(=O)(=O)N1CCOC(c2ccccc2F)C1. The van der Waals surface area contributed by atoms with Crippen LogP contribution in [0.1, 0.15) is 11.7 Å². The zero-order chi connectivity index (χ0) is 16.7. The van der Waals surface area contributed by atoms with E-state index in [0.29, 0.717) is 18.8 Å². The molecule has 0 saturated carbocycles. The lowest BCUT2D eigenvalue weighted by Gasteiger charge is -2.32. The molecule has 0 radical (unpaired) electrons. The Kier molecular flexibility index (Phi) is 6.91. The number of ether oxygens (including phenoxy) is 3. The van der Waals surface area contributed by atoms with Gasteiger partial charge in [0.15, 0.2) is 0 Å². The highest BCUT2D eigenvalue weighted by atomic mass is 32.2. The van der Waals surface area contributed by atoms with Gasteiger partial charge in [0.25, 0.3) is 0 Å². The van der Waals surface area contributed by atoms with Crippen LogP contribution in [0, 0.1) is 5.82 Å². The highest BCUT2D eigenvalue weighted by Gasteiger charge is 2.31. The minimum Gasteiger partial charge on any atom is -0.382 e. The van der Waals surface area contributed by atoms with Gasteiger partial charge in [-0.2, -0.15) is 4.31 Å². The fourth-order valence-corrected chi connectivity index (χ4v) is 3.64. The number of rotatable bonds is 8. The number of hydrogen-bond acceptors (Lipinski definition) is 5. The Morgan fingerprint density at radius 1 is 1.30 bits per heavy atom. The van der Waals surface area contributed by atoms with Gasteiger partial charge in [-0.3, -0.25) is 0 Å². The lowest BCUT2D eigenvalue weighted by molar-refractivity contribution is -0.00469. The van der Waals surface area contributed by atoms with Gasteiger partial charge in [0, 0.05) is 25.8 Å². The lowest BCUT2D eigenvalue weighted by atomic mass is 10.1. The van der Waals surface area contributed by atoms with Gasteiger partial charge in [-0.15, -0.1) is 0 Å². The Hall–Kier alpha value is -1.06. The number of benzene rings is 1. The van der Waals surface area contributed by atoms with Crippen LogP contribution in [0.15, 0.2) is 24.3 Å². The quantitative estimate of drug-likeness (QED) is 0.661. The van der Waals surface area contributed by atoms with E-state index in [1.54, 1.807) is 25.3 Å². The molecule has 23 heavy (non-hydrogen) atoms. The third-order valence-corrected chi connectivity index (χ3v) is 5.39. The van der Waals surface area contributed by atoms with E-state index < -0.39 is 16.1 Å². The minimum atomic E-state index is -3.46. The van der Waals surface area contributed by atoms with Crippen LogP contribution >= 0.6 is 0 Å². The average molecular weight is 347 g/mol. The van der Waals surface area contributed by atoms with E-state index in [-0.39, 0.29) is 37.9 Å². The van der Waals surface area contributed by atoms with Gasteiger partial charge < -0.3 is 14.2 Å². The van der Waals surface area contributed by atoms with E-state index in [0.717, 1.165) is 0 Å². The highest BCUT2D eigenvalue weighted by Crippen LogP contribution is 2.25. The van der Waals surface area contributed by atoms with Gasteiger partial charge in [0.2, 0.25) is 10.0 Å². The Labute approximate surface area is 136 Å². The summed E-state index contributed by atoms with van der Waals surface area (Å²) < 4.78 is 55.4. The topological polar surface area (TPSA) is 65.1 Å². The molecule has 1 aromatic rings. The predicted octanol–water partition coefficient (Wildman–Crippen LogP) is 1.19. The van der Waals surface area contributed by atoms with Gasteiger partial charge in [0.1, 0.15) is 5.82 Å². The van der Waals surface area contributed by atoms with Crippen LogP contribution in [-0.4, -0.2) is 65.1 Å². The first-order valence-corrected chi connectivity index (χ1v) is 9.06. The molecular formula is C15H22FNO5S. The molecule has 1 fully saturated rings. The summed E-state index contributed by atoms with van der Waals surface area (Å²) in [6.45, 7) is 1.50. The number of morpholine rings is 1. The molecule has 0 aliphatic carbocycles. The number of sulfonamides is 1. The number of halogens is 1. The molecule has 0 bridgehead atoms. The summed E-state index contributed by atoms with van der Waals surface area (Å²) >= 11 is 0. The van der Waals surface area contributed by atoms with Crippen LogP contribution in [0.25, 0.3) is 0 Å². The maximum atomic E-state index is 13.8. The van der Waals surface area contributed by atoms with E-state index in [9.17, 15) is 12.8 Å². The van der Waals surface area contributed by atoms with Crippen molar-refractivity contribution in [2.45, 2.75) is 6.10 Å². The van der Waals surface area contributed by atoms with Crippen molar-refractivity contribution in [3.63, 3.8) is 0 Å². The van der Waals surface area contributed by atoms with Crippen LogP contribution in [-0.2, 0) is 24.2 Å². The zero-order valence-electron chi connectivity index (χ0n) is 13.1. The van der Waals surface area contributed by atoms with E-state index in [2.05, 4.69) is 0 Å². The van der Waals surface area contributed by atoms with Crippen molar-refractivity contribution in [3.8, 4) is 0 Å². The lowest BCUT2D eigenvalue weighted by Crippen LogP contribution is -2.44. The highest BCUT2D eigenvalue weighted by molar-refractivity contribution is 7.89. The van der Waals surface area contributed by atoms with Crippen molar-refractivity contribution in [1.29, 1.82) is 0 Å². The number of nitrogens with zero attached hydrogens (tertiary/aromatic N) is 1. The maximum absolute atomic E-state index is 13.8. The van der Waals surface area contributed by atoms with Crippen molar-refractivity contribution in [2.24, 2.45) is 0 Å². The first-order valence-electron chi connectivity index (χ1n) is 7.45. The number of methoxy groups -OCH3 is 1. The second kappa shape index (κ2) is 8.70. The molecule has 0 amide bonds. The Bertz CT molecular complexity index is 595. The van der Waals surface area contributed by atoms with E-state index in [1.807, 2.05) is 0 Å². The molecular weight excluding hydrogens is 325 g/mol. The van der Waals surface area contributed by atoms with E-state index in [4.69, 9.17) is 14.2 Å². The molecule has 1 atom stereocenters. The predicted molar refractivity (Wildman–Crippen MR) is 83.1 cm³/mol. The molecule has 8 heteroatoms. The monoisotopic (exact) mass is 347 g/mol. The second-order valence-corrected chi connectivity index (χ2v) is 7.25. The third kappa shape index (κ3) is 5.22. The fourth-order valence-electron chi connectivity index (χ4n) is 2.34. The standard InChI is InChI=1S/C15H22FNO5S/c1-20-8-9-21-10-11-23(18,19)17-6-7-22-15(12-17)13-4-2-3-5-14(13)16/h2-5,15H,6-12H2,1H3. The second-order valence-electron chi connectivity index (χ2n) is 5.16. The minimum absolute atomic E-state index is 0.105. The summed E-state index contributed by atoms with van der Waals surface area (Å²) in [5, 5.41) is 0. The van der Waals surface area contributed by atoms with Crippen molar-refractivity contribution < 1.29 is 27.0 Å². The summed E-state index contributed by atoms with van der Waals surface area (Å²) in [6.07, 6.45) is -0.589. The maximum Gasteiger partial charge on any atom is 0.216 e.